The highest BCUT2D eigenvalue weighted by atomic mass is 32.3. The van der Waals surface area contributed by atoms with Gasteiger partial charge in [0, 0.05) is 49.8 Å². The van der Waals surface area contributed by atoms with Crippen LogP contribution in [0.4, 0.5) is 8.68 Å². The maximum atomic E-state index is 13.4. The third kappa shape index (κ3) is 5.29. The lowest BCUT2D eigenvalue weighted by Gasteiger charge is -2.35. The van der Waals surface area contributed by atoms with Crippen LogP contribution in [0.2, 0.25) is 0 Å². The van der Waals surface area contributed by atoms with E-state index >= 15 is 0 Å². The number of fused-ring (bicyclic) bond motifs is 3. The van der Waals surface area contributed by atoms with Crippen LogP contribution >= 0.6 is 0 Å². The zero-order valence-electron chi connectivity index (χ0n) is 22.7. The fraction of sp³-hybridized carbons (Fsp3) is 0.323. The van der Waals surface area contributed by atoms with Crippen molar-refractivity contribution >= 4 is 16.6 Å². The van der Waals surface area contributed by atoms with E-state index in [-0.39, 0.29) is 24.4 Å². The van der Waals surface area contributed by atoms with Crippen molar-refractivity contribution in [2.24, 2.45) is 0 Å². The molecule has 1 aliphatic carbocycles. The summed E-state index contributed by atoms with van der Waals surface area (Å²) in [6.45, 7) is 8.02. The molecule has 208 valence electrons. The number of nitrogens with zero attached hydrogens (tertiary/aromatic N) is 2. The van der Waals surface area contributed by atoms with E-state index in [2.05, 4.69) is 39.3 Å². The van der Waals surface area contributed by atoms with Crippen molar-refractivity contribution in [1.29, 1.82) is 0 Å². The van der Waals surface area contributed by atoms with Crippen LogP contribution < -0.4 is 4.18 Å². The molecule has 9 heteroatoms. The molecule has 1 aliphatic heterocycles. The minimum atomic E-state index is -5.21. The van der Waals surface area contributed by atoms with Crippen LogP contribution in [0.3, 0.4) is 0 Å². The number of benzene rings is 3. The van der Waals surface area contributed by atoms with Crippen molar-refractivity contribution in [1.82, 2.24) is 9.80 Å². The second kappa shape index (κ2) is 11.0. The molecule has 0 spiro atoms. The number of hydrogen-bond donors (Lipinski definition) is 0. The second-order valence-electron chi connectivity index (χ2n) is 10.2. The molecule has 1 fully saturated rings. The molecule has 0 radical (unpaired) electrons. The van der Waals surface area contributed by atoms with Gasteiger partial charge >= 0.3 is 16.6 Å². The first-order valence-corrected chi connectivity index (χ1v) is 14.5. The standard InChI is InChI=1S/C31H31FN2O5S/c1-5-23-20(2)28(22(4)30(21(23)3)39-40(32,36)37)18-33-14-16-34(17-15-33)31(35)38-19-29-26-12-8-6-10-24(26)25-11-7-9-13-27(25)29/h1,6-13,29H,14-19H2,2-4H3. The van der Waals surface area contributed by atoms with Gasteiger partial charge in [0.1, 0.15) is 6.61 Å². The van der Waals surface area contributed by atoms with Crippen LogP contribution in [0.15, 0.2) is 48.5 Å². The molecule has 2 aliphatic rings. The topological polar surface area (TPSA) is 76.2 Å². The molecule has 1 amide bonds. The molecule has 0 saturated carbocycles. The third-order valence-electron chi connectivity index (χ3n) is 8.01. The lowest BCUT2D eigenvalue weighted by molar-refractivity contribution is 0.0727. The lowest BCUT2D eigenvalue weighted by Crippen LogP contribution is -2.48. The van der Waals surface area contributed by atoms with E-state index in [1.807, 2.05) is 31.2 Å². The molecule has 0 N–H and O–H groups in total. The molecular formula is C31H31FN2O5S. The van der Waals surface area contributed by atoms with E-state index in [4.69, 9.17) is 11.2 Å². The van der Waals surface area contributed by atoms with Gasteiger partial charge in [-0.3, -0.25) is 4.90 Å². The van der Waals surface area contributed by atoms with E-state index in [9.17, 15) is 17.1 Å². The van der Waals surface area contributed by atoms with Crippen LogP contribution in [0.5, 0.6) is 5.75 Å². The Morgan fingerprint density at radius 3 is 2.08 bits per heavy atom. The maximum Gasteiger partial charge on any atom is 0.488 e. The zero-order valence-corrected chi connectivity index (χ0v) is 23.6. The van der Waals surface area contributed by atoms with Gasteiger partial charge in [-0.15, -0.1) is 6.42 Å². The molecule has 3 aromatic carbocycles. The number of halogens is 1. The van der Waals surface area contributed by atoms with Gasteiger partial charge in [0.2, 0.25) is 0 Å². The van der Waals surface area contributed by atoms with Gasteiger partial charge in [-0.1, -0.05) is 58.3 Å². The van der Waals surface area contributed by atoms with E-state index < -0.39 is 10.5 Å². The predicted octanol–water partition coefficient (Wildman–Crippen LogP) is 5.25. The van der Waals surface area contributed by atoms with Gasteiger partial charge in [-0.05, 0) is 59.7 Å². The quantitative estimate of drug-likeness (QED) is 0.302. The minimum absolute atomic E-state index is 0.0000250. The molecular weight excluding hydrogens is 531 g/mol. The summed E-state index contributed by atoms with van der Waals surface area (Å²) in [5.41, 5.74) is 7.71. The molecule has 1 saturated heterocycles. The monoisotopic (exact) mass is 562 g/mol. The summed E-state index contributed by atoms with van der Waals surface area (Å²) >= 11 is 0. The Balaban J connectivity index is 1.23. The Morgan fingerprint density at radius 2 is 1.52 bits per heavy atom. The number of hydrogen-bond acceptors (Lipinski definition) is 6. The van der Waals surface area contributed by atoms with Crippen LogP contribution in [0.1, 0.15) is 44.9 Å². The van der Waals surface area contributed by atoms with Crippen molar-refractivity contribution in [2.75, 3.05) is 32.8 Å². The Hall–Kier alpha value is -3.87. The van der Waals surface area contributed by atoms with Gasteiger partial charge < -0.3 is 13.8 Å². The highest BCUT2D eigenvalue weighted by Gasteiger charge is 2.31. The third-order valence-corrected chi connectivity index (χ3v) is 8.38. The summed E-state index contributed by atoms with van der Waals surface area (Å²) < 4.78 is 46.4. The number of terminal acetylenes is 1. The fourth-order valence-electron chi connectivity index (χ4n) is 5.92. The number of ether oxygens (including phenoxy) is 1. The van der Waals surface area contributed by atoms with Crippen LogP contribution in [-0.4, -0.2) is 57.1 Å². The molecule has 0 bridgehead atoms. The Labute approximate surface area is 234 Å². The number of carbonyl (C=O) groups excluding carboxylic acids is 1. The molecule has 0 aromatic heterocycles. The first-order valence-electron chi connectivity index (χ1n) is 13.1. The molecule has 0 unspecified atom stereocenters. The van der Waals surface area contributed by atoms with E-state index in [1.54, 1.807) is 18.7 Å². The van der Waals surface area contributed by atoms with Crippen molar-refractivity contribution in [3.05, 3.63) is 87.5 Å². The summed E-state index contributed by atoms with van der Waals surface area (Å²) in [6, 6.07) is 16.4. The van der Waals surface area contributed by atoms with Gasteiger partial charge in [0.15, 0.2) is 5.75 Å². The summed E-state index contributed by atoms with van der Waals surface area (Å²) in [5.74, 6) is 2.51. The fourth-order valence-corrected chi connectivity index (χ4v) is 6.37. The Bertz CT molecular complexity index is 1580. The average molecular weight is 563 g/mol. The zero-order chi connectivity index (χ0) is 28.6. The van der Waals surface area contributed by atoms with Gasteiger partial charge in [0.05, 0.1) is 0 Å². The number of piperazine rings is 1. The summed E-state index contributed by atoms with van der Waals surface area (Å²) in [5, 5.41) is 0. The molecule has 3 aromatic rings. The number of amides is 1. The molecule has 7 nitrogen and oxygen atoms in total. The summed E-state index contributed by atoms with van der Waals surface area (Å²) in [6.07, 6.45) is 5.35. The van der Waals surface area contributed by atoms with Gasteiger partial charge in [-0.25, -0.2) is 4.79 Å². The normalized spacial score (nSPS) is 15.3. The van der Waals surface area contributed by atoms with Gasteiger partial charge in [0.25, 0.3) is 0 Å². The Kier molecular flexibility index (Phi) is 7.58. The maximum absolute atomic E-state index is 13.4. The average Bonchev–Trinajstić information content (AvgIpc) is 3.26. The van der Waals surface area contributed by atoms with Crippen molar-refractivity contribution in [3.63, 3.8) is 0 Å². The molecule has 5 rings (SSSR count). The molecule has 0 atom stereocenters. The van der Waals surface area contributed by atoms with E-state index in [0.717, 1.165) is 11.1 Å². The number of rotatable bonds is 6. The van der Waals surface area contributed by atoms with Crippen molar-refractivity contribution in [2.45, 2.75) is 33.2 Å². The number of carbonyl (C=O) groups is 1. The lowest BCUT2D eigenvalue weighted by atomic mass is 9.92. The molecule has 1 heterocycles. The summed E-state index contributed by atoms with van der Waals surface area (Å²) in [7, 11) is -5.21. The van der Waals surface area contributed by atoms with Crippen molar-refractivity contribution in [3.8, 4) is 29.2 Å². The summed E-state index contributed by atoms with van der Waals surface area (Å²) in [4.78, 5) is 16.9. The van der Waals surface area contributed by atoms with Gasteiger partial charge in [-0.2, -0.15) is 8.42 Å². The Morgan fingerprint density at radius 1 is 0.950 bits per heavy atom. The van der Waals surface area contributed by atoms with Crippen LogP contribution in [-0.2, 0) is 21.8 Å². The van der Waals surface area contributed by atoms with Crippen LogP contribution in [0, 0.1) is 33.1 Å². The van der Waals surface area contributed by atoms with Crippen LogP contribution in [0.25, 0.3) is 11.1 Å². The predicted molar refractivity (Wildman–Crippen MR) is 151 cm³/mol. The van der Waals surface area contributed by atoms with E-state index in [1.165, 1.54) is 22.3 Å². The van der Waals surface area contributed by atoms with E-state index in [0.29, 0.717) is 49.4 Å². The highest BCUT2D eigenvalue weighted by Crippen LogP contribution is 2.44. The first-order chi connectivity index (χ1) is 19.1. The first kappa shape index (κ1) is 27.7. The highest BCUT2D eigenvalue weighted by molar-refractivity contribution is 7.81. The SMILES string of the molecule is C#Cc1c(C)c(CN2CCN(C(=O)OCC3c4ccccc4-c4ccccc43)CC2)c(C)c(OS(=O)(=O)F)c1C. The van der Waals surface area contributed by atoms with Crippen molar-refractivity contribution < 1.29 is 26.0 Å². The smallest absolute Gasteiger partial charge is 0.448 e. The minimum Gasteiger partial charge on any atom is -0.448 e. The second-order valence-corrected chi connectivity index (χ2v) is 11.2. The largest absolute Gasteiger partial charge is 0.488 e. The molecule has 40 heavy (non-hydrogen) atoms.